The standard InChI is InChI=1S/C12H13F2NOS/c1-2-3-6-15-12(16)8-17-9-4-5-10(13)11(14)7-9/h2,4-5,7H,1,3,6,8H2,(H,15,16). The molecule has 1 aromatic carbocycles. The van der Waals surface area contributed by atoms with Crippen LogP contribution in [0.4, 0.5) is 8.78 Å². The normalized spacial score (nSPS) is 10.0. The summed E-state index contributed by atoms with van der Waals surface area (Å²) in [5.41, 5.74) is 0. The van der Waals surface area contributed by atoms with E-state index in [4.69, 9.17) is 0 Å². The lowest BCUT2D eigenvalue weighted by Gasteiger charge is -2.03. The van der Waals surface area contributed by atoms with Crippen molar-refractivity contribution in [1.82, 2.24) is 5.32 Å². The highest BCUT2D eigenvalue weighted by Gasteiger charge is 2.05. The van der Waals surface area contributed by atoms with E-state index in [0.29, 0.717) is 17.9 Å². The fourth-order valence-electron chi connectivity index (χ4n) is 1.08. The van der Waals surface area contributed by atoms with Crippen LogP contribution in [0.5, 0.6) is 0 Å². The number of nitrogens with one attached hydrogen (secondary N) is 1. The summed E-state index contributed by atoms with van der Waals surface area (Å²) in [7, 11) is 0. The highest BCUT2D eigenvalue weighted by atomic mass is 32.2. The van der Waals surface area contributed by atoms with Gasteiger partial charge >= 0.3 is 0 Å². The van der Waals surface area contributed by atoms with Gasteiger partial charge in [0, 0.05) is 11.4 Å². The van der Waals surface area contributed by atoms with Crippen molar-refractivity contribution in [3.05, 3.63) is 42.5 Å². The molecule has 0 fully saturated rings. The minimum atomic E-state index is -0.901. The average Bonchev–Trinajstić information content (AvgIpc) is 2.31. The Bertz CT molecular complexity index is 409. The van der Waals surface area contributed by atoms with Crippen LogP contribution in [0.1, 0.15) is 6.42 Å². The molecule has 1 rings (SSSR count). The van der Waals surface area contributed by atoms with Gasteiger partial charge in [-0.15, -0.1) is 18.3 Å². The molecule has 0 radical (unpaired) electrons. The predicted octanol–water partition coefficient (Wildman–Crippen LogP) is 2.75. The van der Waals surface area contributed by atoms with Crippen LogP contribution in [-0.4, -0.2) is 18.2 Å². The number of benzene rings is 1. The first kappa shape index (κ1) is 13.7. The second-order valence-electron chi connectivity index (χ2n) is 3.29. The Morgan fingerprint density at radius 2 is 2.18 bits per heavy atom. The highest BCUT2D eigenvalue weighted by Crippen LogP contribution is 2.19. The average molecular weight is 257 g/mol. The minimum Gasteiger partial charge on any atom is -0.355 e. The van der Waals surface area contributed by atoms with Crippen LogP contribution in [0, 0.1) is 11.6 Å². The van der Waals surface area contributed by atoms with Gasteiger partial charge in [-0.1, -0.05) is 6.08 Å². The van der Waals surface area contributed by atoms with E-state index in [1.54, 1.807) is 6.08 Å². The van der Waals surface area contributed by atoms with Crippen molar-refractivity contribution in [2.24, 2.45) is 0 Å². The highest BCUT2D eigenvalue weighted by molar-refractivity contribution is 8.00. The molecule has 0 unspecified atom stereocenters. The Morgan fingerprint density at radius 1 is 1.41 bits per heavy atom. The van der Waals surface area contributed by atoms with E-state index in [1.165, 1.54) is 6.07 Å². The zero-order valence-electron chi connectivity index (χ0n) is 9.21. The number of carbonyl (C=O) groups is 1. The first-order valence-corrected chi connectivity index (χ1v) is 6.07. The Hall–Kier alpha value is -1.36. The second kappa shape index (κ2) is 7.06. The smallest absolute Gasteiger partial charge is 0.230 e. The van der Waals surface area contributed by atoms with E-state index in [-0.39, 0.29) is 11.7 Å². The molecule has 1 amide bonds. The van der Waals surface area contributed by atoms with Gasteiger partial charge in [-0.3, -0.25) is 4.79 Å². The fourth-order valence-corrected chi connectivity index (χ4v) is 1.83. The number of hydrogen-bond acceptors (Lipinski definition) is 2. The van der Waals surface area contributed by atoms with Crippen molar-refractivity contribution in [2.45, 2.75) is 11.3 Å². The second-order valence-corrected chi connectivity index (χ2v) is 4.34. The van der Waals surface area contributed by atoms with Crippen molar-refractivity contribution in [1.29, 1.82) is 0 Å². The van der Waals surface area contributed by atoms with E-state index in [1.807, 2.05) is 0 Å². The third-order valence-corrected chi connectivity index (χ3v) is 2.93. The Labute approximate surface area is 103 Å². The quantitative estimate of drug-likeness (QED) is 0.482. The summed E-state index contributed by atoms with van der Waals surface area (Å²) in [6, 6.07) is 3.57. The van der Waals surface area contributed by atoms with E-state index < -0.39 is 11.6 Å². The zero-order valence-corrected chi connectivity index (χ0v) is 10.0. The van der Waals surface area contributed by atoms with Crippen molar-refractivity contribution >= 4 is 17.7 Å². The number of thioether (sulfide) groups is 1. The lowest BCUT2D eigenvalue weighted by molar-refractivity contribution is -0.118. The Kier molecular flexibility index (Phi) is 5.69. The number of rotatable bonds is 6. The molecule has 0 atom stereocenters. The predicted molar refractivity (Wildman–Crippen MR) is 64.9 cm³/mol. The summed E-state index contributed by atoms with van der Waals surface area (Å²) in [6.07, 6.45) is 2.42. The van der Waals surface area contributed by atoms with Gasteiger partial charge in [-0.25, -0.2) is 8.78 Å². The molecule has 0 aliphatic carbocycles. The Morgan fingerprint density at radius 3 is 2.82 bits per heavy atom. The molecule has 1 N–H and O–H groups in total. The van der Waals surface area contributed by atoms with Gasteiger partial charge in [-0.05, 0) is 24.6 Å². The number of hydrogen-bond donors (Lipinski definition) is 1. The number of halogens is 2. The molecule has 0 aromatic heterocycles. The Balaban J connectivity index is 2.36. The lowest BCUT2D eigenvalue weighted by Crippen LogP contribution is -2.25. The molecule has 0 saturated carbocycles. The SMILES string of the molecule is C=CCCNC(=O)CSc1ccc(F)c(F)c1. The number of carbonyl (C=O) groups excluding carboxylic acids is 1. The maximum Gasteiger partial charge on any atom is 0.230 e. The van der Waals surface area contributed by atoms with Crippen molar-refractivity contribution in [3.63, 3.8) is 0 Å². The van der Waals surface area contributed by atoms with Crippen LogP contribution in [0.2, 0.25) is 0 Å². The molecular formula is C12H13F2NOS. The maximum absolute atomic E-state index is 12.9. The molecule has 17 heavy (non-hydrogen) atoms. The summed E-state index contributed by atoms with van der Waals surface area (Å²) in [4.78, 5) is 11.8. The summed E-state index contributed by atoms with van der Waals surface area (Å²) >= 11 is 1.16. The summed E-state index contributed by atoms with van der Waals surface area (Å²) < 4.78 is 25.5. The van der Waals surface area contributed by atoms with Crippen LogP contribution in [0.25, 0.3) is 0 Å². The maximum atomic E-state index is 12.9. The fraction of sp³-hybridized carbons (Fsp3) is 0.250. The van der Waals surface area contributed by atoms with Gasteiger partial charge in [-0.2, -0.15) is 0 Å². The van der Waals surface area contributed by atoms with Crippen LogP contribution in [0.15, 0.2) is 35.7 Å². The van der Waals surface area contributed by atoms with E-state index in [9.17, 15) is 13.6 Å². The van der Waals surface area contributed by atoms with Gasteiger partial charge in [0.05, 0.1) is 5.75 Å². The van der Waals surface area contributed by atoms with Gasteiger partial charge in [0.15, 0.2) is 11.6 Å². The lowest BCUT2D eigenvalue weighted by atomic mass is 10.3. The third-order valence-electron chi connectivity index (χ3n) is 1.93. The van der Waals surface area contributed by atoms with Gasteiger partial charge in [0.25, 0.3) is 0 Å². The third kappa shape index (κ3) is 4.99. The molecular weight excluding hydrogens is 244 g/mol. The summed E-state index contributed by atoms with van der Waals surface area (Å²) in [6.45, 7) is 4.08. The molecule has 2 nitrogen and oxygen atoms in total. The molecule has 0 spiro atoms. The van der Waals surface area contributed by atoms with Gasteiger partial charge < -0.3 is 5.32 Å². The summed E-state index contributed by atoms with van der Waals surface area (Å²) in [5, 5.41) is 2.68. The van der Waals surface area contributed by atoms with Crippen LogP contribution >= 0.6 is 11.8 Å². The number of amides is 1. The molecule has 0 saturated heterocycles. The van der Waals surface area contributed by atoms with E-state index in [0.717, 1.165) is 23.9 Å². The summed E-state index contributed by atoms with van der Waals surface area (Å²) in [5.74, 6) is -1.74. The molecule has 0 aliphatic rings. The van der Waals surface area contributed by atoms with E-state index in [2.05, 4.69) is 11.9 Å². The van der Waals surface area contributed by atoms with Crippen molar-refractivity contribution in [2.75, 3.05) is 12.3 Å². The van der Waals surface area contributed by atoms with Crippen LogP contribution < -0.4 is 5.32 Å². The van der Waals surface area contributed by atoms with Crippen LogP contribution in [0.3, 0.4) is 0 Å². The molecule has 0 bridgehead atoms. The molecule has 0 aliphatic heterocycles. The molecule has 1 aromatic rings. The molecule has 5 heteroatoms. The zero-order chi connectivity index (χ0) is 12.7. The molecule has 0 heterocycles. The topological polar surface area (TPSA) is 29.1 Å². The molecule has 92 valence electrons. The van der Waals surface area contributed by atoms with E-state index >= 15 is 0 Å². The van der Waals surface area contributed by atoms with Crippen LogP contribution in [-0.2, 0) is 4.79 Å². The first-order chi connectivity index (χ1) is 8.13. The monoisotopic (exact) mass is 257 g/mol. The van der Waals surface area contributed by atoms with Crippen molar-refractivity contribution < 1.29 is 13.6 Å². The van der Waals surface area contributed by atoms with Gasteiger partial charge in [0.2, 0.25) is 5.91 Å². The van der Waals surface area contributed by atoms with Crippen molar-refractivity contribution in [3.8, 4) is 0 Å². The first-order valence-electron chi connectivity index (χ1n) is 5.09. The minimum absolute atomic E-state index is 0.137. The largest absolute Gasteiger partial charge is 0.355 e. The van der Waals surface area contributed by atoms with Gasteiger partial charge in [0.1, 0.15) is 0 Å².